The fourth-order valence-corrected chi connectivity index (χ4v) is 2.53. The van der Waals surface area contributed by atoms with Crippen molar-refractivity contribution >= 4 is 11.6 Å². The van der Waals surface area contributed by atoms with Crippen molar-refractivity contribution in [3.05, 3.63) is 42.2 Å². The molecule has 0 radical (unpaired) electrons. The Morgan fingerprint density at radius 3 is 2.76 bits per heavy atom. The van der Waals surface area contributed by atoms with Gasteiger partial charge in [0.05, 0.1) is 6.10 Å². The van der Waals surface area contributed by atoms with E-state index in [1.807, 2.05) is 0 Å². The van der Waals surface area contributed by atoms with Crippen LogP contribution in [0.4, 0.5) is 14.5 Å². The van der Waals surface area contributed by atoms with Crippen LogP contribution in [0.5, 0.6) is 5.75 Å². The summed E-state index contributed by atoms with van der Waals surface area (Å²) in [6.07, 6.45) is 4.43. The zero-order valence-electron chi connectivity index (χ0n) is 13.5. The van der Waals surface area contributed by atoms with Crippen LogP contribution in [0.2, 0.25) is 0 Å². The molecule has 3 rings (SSSR count). The molecule has 1 aliphatic heterocycles. The first-order valence-corrected chi connectivity index (χ1v) is 8.11. The maximum Gasteiger partial charge on any atom is 0.333 e. The molecule has 1 fully saturated rings. The number of aromatic nitrogens is 2. The average Bonchev–Trinajstić information content (AvgIpc) is 3.13. The number of amides is 1. The number of benzene rings is 1. The van der Waals surface area contributed by atoms with Crippen LogP contribution >= 0.6 is 0 Å². The Kier molecular flexibility index (Phi) is 5.60. The summed E-state index contributed by atoms with van der Waals surface area (Å²) in [5.74, 6) is 0.123. The SMILES string of the molecule is O=C(Nc1ccc(OCC2CCCCO2)cc1)c1ccn(C(F)F)n1. The molecule has 2 heterocycles. The fraction of sp³-hybridized carbons (Fsp3) is 0.412. The Morgan fingerprint density at radius 1 is 1.32 bits per heavy atom. The molecule has 25 heavy (non-hydrogen) atoms. The zero-order valence-corrected chi connectivity index (χ0v) is 13.5. The van der Waals surface area contributed by atoms with Gasteiger partial charge in [0, 0.05) is 18.5 Å². The Morgan fingerprint density at radius 2 is 2.12 bits per heavy atom. The molecule has 2 aromatic rings. The minimum atomic E-state index is -2.77. The van der Waals surface area contributed by atoms with Crippen LogP contribution < -0.4 is 10.1 Å². The predicted molar refractivity (Wildman–Crippen MR) is 87.0 cm³/mol. The van der Waals surface area contributed by atoms with E-state index in [4.69, 9.17) is 9.47 Å². The number of hydrogen-bond acceptors (Lipinski definition) is 4. The molecule has 6 nitrogen and oxygen atoms in total. The van der Waals surface area contributed by atoms with E-state index in [9.17, 15) is 13.6 Å². The minimum Gasteiger partial charge on any atom is -0.491 e. The van der Waals surface area contributed by atoms with Gasteiger partial charge in [0.2, 0.25) is 0 Å². The van der Waals surface area contributed by atoms with E-state index < -0.39 is 12.5 Å². The number of rotatable bonds is 6. The molecule has 1 atom stereocenters. The fourth-order valence-electron chi connectivity index (χ4n) is 2.53. The highest BCUT2D eigenvalue weighted by Gasteiger charge is 2.15. The lowest BCUT2D eigenvalue weighted by molar-refractivity contribution is -0.0110. The van der Waals surface area contributed by atoms with Gasteiger partial charge in [-0.15, -0.1) is 0 Å². The van der Waals surface area contributed by atoms with E-state index in [1.165, 1.54) is 6.07 Å². The first kappa shape index (κ1) is 17.3. The van der Waals surface area contributed by atoms with Crippen LogP contribution in [0.3, 0.4) is 0 Å². The standard InChI is InChI=1S/C17H19F2N3O3/c18-17(19)22-9-8-15(21-22)16(23)20-12-4-6-13(7-5-12)25-11-14-3-1-2-10-24-14/h4-9,14,17H,1-3,10-11H2,(H,20,23). The molecule has 1 N–H and O–H groups in total. The van der Waals surface area contributed by atoms with Gasteiger partial charge in [-0.3, -0.25) is 4.79 Å². The van der Waals surface area contributed by atoms with E-state index in [0.29, 0.717) is 22.7 Å². The second kappa shape index (κ2) is 8.06. The first-order valence-electron chi connectivity index (χ1n) is 8.11. The van der Waals surface area contributed by atoms with Gasteiger partial charge in [-0.2, -0.15) is 13.9 Å². The number of alkyl halides is 2. The van der Waals surface area contributed by atoms with Gasteiger partial charge in [0.1, 0.15) is 12.4 Å². The lowest BCUT2D eigenvalue weighted by Crippen LogP contribution is -2.25. The molecule has 8 heteroatoms. The predicted octanol–water partition coefficient (Wildman–Crippen LogP) is 3.48. The maximum atomic E-state index is 12.5. The number of hydrogen-bond donors (Lipinski definition) is 1. The number of carbonyl (C=O) groups is 1. The molecular formula is C17H19F2N3O3. The summed E-state index contributed by atoms with van der Waals surface area (Å²) in [6.45, 7) is -1.50. The van der Waals surface area contributed by atoms with Crippen molar-refractivity contribution in [1.29, 1.82) is 0 Å². The third-order valence-corrected chi connectivity index (χ3v) is 3.86. The van der Waals surface area contributed by atoms with Crippen LogP contribution in [0.25, 0.3) is 0 Å². The van der Waals surface area contributed by atoms with Crippen molar-refractivity contribution in [1.82, 2.24) is 9.78 Å². The summed E-state index contributed by atoms with van der Waals surface area (Å²) in [5.41, 5.74) is 0.452. The van der Waals surface area contributed by atoms with Gasteiger partial charge in [-0.25, -0.2) is 4.68 Å². The topological polar surface area (TPSA) is 65.4 Å². The van der Waals surface area contributed by atoms with E-state index in [2.05, 4.69) is 10.4 Å². The summed E-state index contributed by atoms with van der Waals surface area (Å²) in [5, 5.41) is 6.12. The Balaban J connectivity index is 1.51. The van der Waals surface area contributed by atoms with Crippen molar-refractivity contribution in [3.63, 3.8) is 0 Å². The van der Waals surface area contributed by atoms with E-state index in [0.717, 1.165) is 32.1 Å². The van der Waals surface area contributed by atoms with Crippen molar-refractivity contribution in [3.8, 4) is 5.75 Å². The molecule has 0 bridgehead atoms. The van der Waals surface area contributed by atoms with Crippen LogP contribution in [0, 0.1) is 0 Å². The van der Waals surface area contributed by atoms with E-state index in [1.54, 1.807) is 24.3 Å². The Labute approximate surface area is 143 Å². The van der Waals surface area contributed by atoms with Gasteiger partial charge in [0.25, 0.3) is 5.91 Å². The van der Waals surface area contributed by atoms with Crippen molar-refractivity contribution < 1.29 is 23.0 Å². The van der Waals surface area contributed by atoms with Gasteiger partial charge < -0.3 is 14.8 Å². The first-order chi connectivity index (χ1) is 12.1. The summed E-state index contributed by atoms with van der Waals surface area (Å²) < 4.78 is 36.6. The second-order valence-corrected chi connectivity index (χ2v) is 5.74. The Bertz CT molecular complexity index is 697. The zero-order chi connectivity index (χ0) is 17.6. The molecule has 1 aliphatic rings. The third-order valence-electron chi connectivity index (χ3n) is 3.86. The highest BCUT2D eigenvalue weighted by Crippen LogP contribution is 2.19. The largest absolute Gasteiger partial charge is 0.491 e. The van der Waals surface area contributed by atoms with Gasteiger partial charge in [0.15, 0.2) is 5.69 Å². The smallest absolute Gasteiger partial charge is 0.333 e. The maximum absolute atomic E-state index is 12.5. The molecule has 1 amide bonds. The van der Waals surface area contributed by atoms with Crippen molar-refractivity contribution in [2.45, 2.75) is 31.9 Å². The molecule has 1 aromatic heterocycles. The number of carbonyl (C=O) groups excluding carboxylic acids is 1. The quantitative estimate of drug-likeness (QED) is 0.865. The molecule has 1 aromatic carbocycles. The number of nitrogens with zero attached hydrogens (tertiary/aromatic N) is 2. The lowest BCUT2D eigenvalue weighted by Gasteiger charge is -2.22. The molecule has 1 saturated heterocycles. The normalized spacial score (nSPS) is 17.5. The van der Waals surface area contributed by atoms with Gasteiger partial charge in [-0.05, 0) is 49.6 Å². The highest BCUT2D eigenvalue weighted by molar-refractivity contribution is 6.02. The van der Waals surface area contributed by atoms with Crippen LogP contribution in [0.15, 0.2) is 36.5 Å². The van der Waals surface area contributed by atoms with E-state index >= 15 is 0 Å². The summed E-state index contributed by atoms with van der Waals surface area (Å²) in [4.78, 5) is 12.0. The minimum absolute atomic E-state index is 0.0740. The summed E-state index contributed by atoms with van der Waals surface area (Å²) in [7, 11) is 0. The van der Waals surface area contributed by atoms with Crippen molar-refractivity contribution in [2.75, 3.05) is 18.5 Å². The Hall–Kier alpha value is -2.48. The number of ether oxygens (including phenoxy) is 2. The van der Waals surface area contributed by atoms with Crippen molar-refractivity contribution in [2.24, 2.45) is 0 Å². The summed E-state index contributed by atoms with van der Waals surface area (Å²) in [6, 6.07) is 8.06. The van der Waals surface area contributed by atoms with Gasteiger partial charge >= 0.3 is 6.55 Å². The monoisotopic (exact) mass is 351 g/mol. The molecule has 0 spiro atoms. The highest BCUT2D eigenvalue weighted by atomic mass is 19.3. The third kappa shape index (κ3) is 4.76. The molecule has 0 saturated carbocycles. The number of nitrogens with one attached hydrogen (secondary N) is 1. The molecule has 1 unspecified atom stereocenters. The van der Waals surface area contributed by atoms with Crippen LogP contribution in [0.1, 0.15) is 36.3 Å². The summed E-state index contributed by atoms with van der Waals surface area (Å²) >= 11 is 0. The average molecular weight is 351 g/mol. The molecule has 0 aliphatic carbocycles. The van der Waals surface area contributed by atoms with E-state index in [-0.39, 0.29) is 11.8 Å². The molecular weight excluding hydrogens is 332 g/mol. The number of halogens is 2. The molecule has 134 valence electrons. The lowest BCUT2D eigenvalue weighted by atomic mass is 10.1. The van der Waals surface area contributed by atoms with Gasteiger partial charge in [-0.1, -0.05) is 0 Å². The number of anilines is 1. The second-order valence-electron chi connectivity index (χ2n) is 5.74. The van der Waals surface area contributed by atoms with Crippen LogP contribution in [-0.4, -0.2) is 35.0 Å². The van der Waals surface area contributed by atoms with Crippen LogP contribution in [-0.2, 0) is 4.74 Å².